The number of rotatable bonds is 5. The first kappa shape index (κ1) is 15.3. The summed E-state index contributed by atoms with van der Waals surface area (Å²) in [6.07, 6.45) is 0. The largest absolute Gasteiger partial charge is 0.495 e. The third-order valence-electron chi connectivity index (χ3n) is 2.50. The maximum Gasteiger partial charge on any atom is 0.246 e. The van der Waals surface area contributed by atoms with Crippen LogP contribution in [0, 0.1) is 11.3 Å². The highest BCUT2D eigenvalue weighted by Crippen LogP contribution is 2.28. The molecule has 0 radical (unpaired) electrons. The van der Waals surface area contributed by atoms with Crippen molar-refractivity contribution in [3.8, 4) is 11.8 Å². The molecule has 0 spiro atoms. The molecular formula is C12H17N3O3S. The van der Waals surface area contributed by atoms with Gasteiger partial charge in [-0.15, -0.1) is 0 Å². The smallest absolute Gasteiger partial charge is 0.246 e. The molecule has 104 valence electrons. The first-order chi connectivity index (χ1) is 8.82. The van der Waals surface area contributed by atoms with E-state index in [1.807, 2.05) is 6.07 Å². The predicted molar refractivity (Wildman–Crippen MR) is 72.6 cm³/mol. The van der Waals surface area contributed by atoms with Crippen molar-refractivity contribution in [2.45, 2.75) is 17.9 Å². The summed E-state index contributed by atoms with van der Waals surface area (Å²) >= 11 is 0. The summed E-state index contributed by atoms with van der Waals surface area (Å²) in [5.74, 6) is 0.267. The number of ether oxygens (including phenoxy) is 1. The zero-order chi connectivity index (χ0) is 14.6. The molecule has 0 aliphatic carbocycles. The summed E-state index contributed by atoms with van der Waals surface area (Å²) in [6, 6.07) is 6.29. The Kier molecular flexibility index (Phi) is 4.75. The van der Waals surface area contributed by atoms with Crippen LogP contribution in [-0.4, -0.2) is 40.0 Å². The molecule has 1 rings (SSSR count). The van der Waals surface area contributed by atoms with Crippen LogP contribution in [0.5, 0.6) is 5.75 Å². The summed E-state index contributed by atoms with van der Waals surface area (Å²) in [6.45, 7) is 1.68. The molecule has 19 heavy (non-hydrogen) atoms. The predicted octanol–water partition coefficient (Wildman–Crippen LogP) is 1.27. The molecule has 1 N–H and O–H groups in total. The van der Waals surface area contributed by atoms with Crippen molar-refractivity contribution in [1.29, 1.82) is 5.26 Å². The van der Waals surface area contributed by atoms with Crippen LogP contribution < -0.4 is 10.1 Å². The molecule has 1 atom stereocenters. The number of benzene rings is 1. The number of hydrogen-bond donors (Lipinski definition) is 1. The van der Waals surface area contributed by atoms with E-state index in [0.29, 0.717) is 5.69 Å². The van der Waals surface area contributed by atoms with Gasteiger partial charge in [-0.1, -0.05) is 0 Å². The number of anilines is 1. The normalized spacial score (nSPS) is 12.8. The van der Waals surface area contributed by atoms with Gasteiger partial charge in [-0.25, -0.2) is 12.7 Å². The molecular weight excluding hydrogens is 266 g/mol. The standard InChI is InChI=1S/C12H17N3O3S/c1-9(8-13)14-10-5-6-11(18-4)12(7-10)19(16,17)15(2)3/h5-7,9,14H,1-4H3. The zero-order valence-corrected chi connectivity index (χ0v) is 12.2. The third kappa shape index (κ3) is 3.36. The molecule has 7 heteroatoms. The fraction of sp³-hybridized carbons (Fsp3) is 0.417. The molecule has 0 heterocycles. The lowest BCUT2D eigenvalue weighted by Gasteiger charge is -2.16. The highest BCUT2D eigenvalue weighted by molar-refractivity contribution is 7.89. The Bertz CT molecular complexity index is 591. The first-order valence-electron chi connectivity index (χ1n) is 5.59. The molecule has 0 saturated carbocycles. The van der Waals surface area contributed by atoms with E-state index in [1.54, 1.807) is 19.1 Å². The van der Waals surface area contributed by atoms with Crippen molar-refractivity contribution in [3.63, 3.8) is 0 Å². The van der Waals surface area contributed by atoms with E-state index in [1.165, 1.54) is 27.3 Å². The topological polar surface area (TPSA) is 82.4 Å². The number of nitrogens with one attached hydrogen (secondary N) is 1. The average molecular weight is 283 g/mol. The van der Waals surface area contributed by atoms with E-state index >= 15 is 0 Å². The summed E-state index contributed by atoms with van der Waals surface area (Å²) < 4.78 is 30.5. The highest BCUT2D eigenvalue weighted by atomic mass is 32.2. The molecule has 1 aromatic rings. The lowest BCUT2D eigenvalue weighted by Crippen LogP contribution is -2.23. The average Bonchev–Trinajstić information content (AvgIpc) is 2.38. The summed E-state index contributed by atoms with van der Waals surface area (Å²) in [5, 5.41) is 11.6. The van der Waals surface area contributed by atoms with Crippen LogP contribution in [0.2, 0.25) is 0 Å². The van der Waals surface area contributed by atoms with Gasteiger partial charge in [0.05, 0.1) is 13.2 Å². The van der Waals surface area contributed by atoms with E-state index in [0.717, 1.165) is 4.31 Å². The number of sulfonamides is 1. The second-order valence-corrected chi connectivity index (χ2v) is 6.27. The van der Waals surface area contributed by atoms with E-state index in [4.69, 9.17) is 10.00 Å². The maximum absolute atomic E-state index is 12.2. The monoisotopic (exact) mass is 283 g/mol. The number of methoxy groups -OCH3 is 1. The Morgan fingerprint density at radius 3 is 2.53 bits per heavy atom. The van der Waals surface area contributed by atoms with Gasteiger partial charge in [0, 0.05) is 19.8 Å². The van der Waals surface area contributed by atoms with Gasteiger partial charge in [-0.2, -0.15) is 5.26 Å². The number of nitrogens with zero attached hydrogens (tertiary/aromatic N) is 2. The molecule has 1 unspecified atom stereocenters. The fourth-order valence-corrected chi connectivity index (χ4v) is 2.52. The summed E-state index contributed by atoms with van der Waals surface area (Å²) in [5.41, 5.74) is 0.551. The van der Waals surface area contributed by atoms with E-state index in [9.17, 15) is 8.42 Å². The van der Waals surface area contributed by atoms with E-state index in [2.05, 4.69) is 5.32 Å². The fourth-order valence-electron chi connectivity index (χ4n) is 1.45. The Balaban J connectivity index is 3.30. The molecule has 0 aromatic heterocycles. The Labute approximate surface area is 113 Å². The van der Waals surface area contributed by atoms with Crippen molar-refractivity contribution >= 4 is 15.7 Å². The van der Waals surface area contributed by atoms with Crippen LogP contribution in [0.3, 0.4) is 0 Å². The van der Waals surface area contributed by atoms with Crippen molar-refractivity contribution in [2.75, 3.05) is 26.5 Å². The van der Waals surface area contributed by atoms with Gasteiger partial charge in [-0.3, -0.25) is 0 Å². The minimum atomic E-state index is -3.60. The second kappa shape index (κ2) is 5.91. The van der Waals surface area contributed by atoms with E-state index < -0.39 is 16.1 Å². The van der Waals surface area contributed by atoms with Crippen molar-refractivity contribution < 1.29 is 13.2 Å². The van der Waals surface area contributed by atoms with Crippen LogP contribution >= 0.6 is 0 Å². The highest BCUT2D eigenvalue weighted by Gasteiger charge is 2.22. The van der Waals surface area contributed by atoms with Gasteiger partial charge in [-0.05, 0) is 25.1 Å². The lowest BCUT2D eigenvalue weighted by molar-refractivity contribution is 0.400. The Morgan fingerprint density at radius 1 is 1.42 bits per heavy atom. The van der Waals surface area contributed by atoms with Crippen molar-refractivity contribution in [1.82, 2.24) is 4.31 Å². The molecule has 0 bridgehead atoms. The van der Waals surface area contributed by atoms with Gasteiger partial charge in [0.1, 0.15) is 16.7 Å². The number of hydrogen-bond acceptors (Lipinski definition) is 5. The van der Waals surface area contributed by atoms with Crippen LogP contribution in [-0.2, 0) is 10.0 Å². The van der Waals surface area contributed by atoms with Gasteiger partial charge < -0.3 is 10.1 Å². The SMILES string of the molecule is COc1ccc(NC(C)C#N)cc1S(=O)(=O)N(C)C. The quantitative estimate of drug-likeness (QED) is 0.880. The maximum atomic E-state index is 12.2. The lowest BCUT2D eigenvalue weighted by atomic mass is 10.2. The van der Waals surface area contributed by atoms with Gasteiger partial charge in [0.25, 0.3) is 0 Å². The molecule has 0 aliphatic rings. The summed E-state index contributed by atoms with van der Waals surface area (Å²) in [4.78, 5) is 0.0649. The molecule has 0 amide bonds. The second-order valence-electron chi connectivity index (χ2n) is 4.15. The number of nitriles is 1. The zero-order valence-electron chi connectivity index (χ0n) is 11.3. The van der Waals surface area contributed by atoms with Crippen molar-refractivity contribution in [2.24, 2.45) is 0 Å². The van der Waals surface area contributed by atoms with Gasteiger partial charge in [0.15, 0.2) is 0 Å². The summed E-state index contributed by atoms with van der Waals surface area (Å²) in [7, 11) is 0.715. The van der Waals surface area contributed by atoms with Crippen LogP contribution in [0.25, 0.3) is 0 Å². The molecule has 0 saturated heterocycles. The van der Waals surface area contributed by atoms with Gasteiger partial charge in [0.2, 0.25) is 10.0 Å². The Morgan fingerprint density at radius 2 is 2.05 bits per heavy atom. The minimum Gasteiger partial charge on any atom is -0.495 e. The first-order valence-corrected chi connectivity index (χ1v) is 7.03. The molecule has 6 nitrogen and oxygen atoms in total. The molecule has 0 aliphatic heterocycles. The Hall–Kier alpha value is -1.78. The third-order valence-corrected chi connectivity index (χ3v) is 4.34. The van der Waals surface area contributed by atoms with Crippen LogP contribution in [0.4, 0.5) is 5.69 Å². The van der Waals surface area contributed by atoms with Gasteiger partial charge >= 0.3 is 0 Å². The van der Waals surface area contributed by atoms with Crippen LogP contribution in [0.15, 0.2) is 23.1 Å². The van der Waals surface area contributed by atoms with Crippen LogP contribution in [0.1, 0.15) is 6.92 Å². The molecule has 0 fully saturated rings. The minimum absolute atomic E-state index is 0.0649. The van der Waals surface area contributed by atoms with Crippen molar-refractivity contribution in [3.05, 3.63) is 18.2 Å². The molecule has 1 aromatic carbocycles. The van der Waals surface area contributed by atoms with E-state index in [-0.39, 0.29) is 10.6 Å².